The SMILES string of the molecule is CCCCC1(C2COO2)OO1. The summed E-state index contributed by atoms with van der Waals surface area (Å²) in [5.74, 6) is -0.450. The van der Waals surface area contributed by atoms with Crippen LogP contribution in [-0.4, -0.2) is 18.5 Å². The topological polar surface area (TPSA) is 43.5 Å². The summed E-state index contributed by atoms with van der Waals surface area (Å²) in [6.07, 6.45) is 3.13. The Morgan fingerprint density at radius 3 is 2.55 bits per heavy atom. The van der Waals surface area contributed by atoms with E-state index in [9.17, 15) is 0 Å². The zero-order chi connectivity index (χ0) is 7.73. The van der Waals surface area contributed by atoms with Crippen molar-refractivity contribution in [2.45, 2.75) is 38.1 Å². The Hall–Kier alpha value is -0.160. The van der Waals surface area contributed by atoms with E-state index in [1.807, 2.05) is 0 Å². The molecule has 2 aliphatic heterocycles. The molecule has 4 heteroatoms. The summed E-state index contributed by atoms with van der Waals surface area (Å²) in [5.41, 5.74) is 0. The van der Waals surface area contributed by atoms with E-state index in [1.165, 1.54) is 0 Å². The molecule has 0 bridgehead atoms. The molecule has 0 aromatic carbocycles. The van der Waals surface area contributed by atoms with Crippen molar-refractivity contribution in [3.05, 3.63) is 0 Å². The van der Waals surface area contributed by atoms with Crippen molar-refractivity contribution >= 4 is 0 Å². The third-order valence-electron chi connectivity index (χ3n) is 2.07. The third-order valence-corrected chi connectivity index (χ3v) is 2.07. The second-order valence-corrected chi connectivity index (χ2v) is 2.95. The van der Waals surface area contributed by atoms with Gasteiger partial charge in [0.25, 0.3) is 5.79 Å². The van der Waals surface area contributed by atoms with Crippen molar-refractivity contribution in [2.75, 3.05) is 6.61 Å². The molecule has 1 atom stereocenters. The first-order valence-corrected chi connectivity index (χ1v) is 4.02. The molecule has 0 aromatic heterocycles. The number of unbranched alkanes of at least 4 members (excludes halogenated alkanes) is 1. The van der Waals surface area contributed by atoms with Crippen LogP contribution < -0.4 is 0 Å². The van der Waals surface area contributed by atoms with Gasteiger partial charge in [0.2, 0.25) is 0 Å². The predicted octanol–water partition coefficient (Wildman–Crippen LogP) is 1.17. The first-order chi connectivity index (χ1) is 5.37. The van der Waals surface area contributed by atoms with Crippen LogP contribution in [0.15, 0.2) is 0 Å². The second kappa shape index (κ2) is 2.71. The fraction of sp³-hybridized carbons (Fsp3) is 1.00. The molecule has 2 saturated heterocycles. The normalized spacial score (nSPS) is 33.0. The highest BCUT2D eigenvalue weighted by Crippen LogP contribution is 2.42. The van der Waals surface area contributed by atoms with Gasteiger partial charge in [0, 0.05) is 6.42 Å². The summed E-state index contributed by atoms with van der Waals surface area (Å²) in [5, 5.41) is 0. The molecule has 0 saturated carbocycles. The molecule has 0 amide bonds. The number of hydrogen-bond acceptors (Lipinski definition) is 4. The van der Waals surface area contributed by atoms with Crippen LogP contribution in [0.25, 0.3) is 0 Å². The molecular weight excluding hydrogens is 148 g/mol. The first-order valence-electron chi connectivity index (χ1n) is 4.02. The molecule has 2 rings (SSSR count). The highest BCUT2D eigenvalue weighted by molar-refractivity contribution is 4.85. The highest BCUT2D eigenvalue weighted by Gasteiger charge is 2.59. The quantitative estimate of drug-likeness (QED) is 0.457. The molecule has 4 nitrogen and oxygen atoms in total. The van der Waals surface area contributed by atoms with Gasteiger partial charge in [0.15, 0.2) is 6.10 Å². The molecule has 2 fully saturated rings. The van der Waals surface area contributed by atoms with E-state index in [4.69, 9.17) is 14.7 Å². The Morgan fingerprint density at radius 2 is 2.18 bits per heavy atom. The summed E-state index contributed by atoms with van der Waals surface area (Å²) in [6.45, 7) is 2.72. The van der Waals surface area contributed by atoms with Gasteiger partial charge in [-0.2, -0.15) is 9.78 Å². The van der Waals surface area contributed by atoms with Gasteiger partial charge < -0.3 is 0 Å². The lowest BCUT2D eigenvalue weighted by Crippen LogP contribution is -2.44. The Balaban J connectivity index is 1.79. The Bertz CT molecular complexity index is 139. The Kier molecular flexibility index (Phi) is 1.85. The van der Waals surface area contributed by atoms with Crippen molar-refractivity contribution in [3.8, 4) is 0 Å². The monoisotopic (exact) mass is 160 g/mol. The van der Waals surface area contributed by atoms with Crippen LogP contribution in [0.4, 0.5) is 0 Å². The molecular formula is C7H12O4. The Labute approximate surface area is 65.2 Å². The smallest absolute Gasteiger partial charge is 0.233 e. The maximum Gasteiger partial charge on any atom is 0.265 e. The molecule has 1 unspecified atom stereocenters. The van der Waals surface area contributed by atoms with Gasteiger partial charge in [-0.3, -0.25) is 0 Å². The first kappa shape index (κ1) is 7.49. The van der Waals surface area contributed by atoms with E-state index < -0.39 is 5.79 Å². The zero-order valence-corrected chi connectivity index (χ0v) is 6.54. The molecule has 11 heavy (non-hydrogen) atoms. The van der Waals surface area contributed by atoms with E-state index in [1.54, 1.807) is 0 Å². The van der Waals surface area contributed by atoms with Crippen molar-refractivity contribution in [2.24, 2.45) is 0 Å². The van der Waals surface area contributed by atoms with E-state index in [0.29, 0.717) is 6.61 Å². The van der Waals surface area contributed by atoms with Gasteiger partial charge in [-0.1, -0.05) is 13.3 Å². The predicted molar refractivity (Wildman–Crippen MR) is 35.3 cm³/mol. The molecule has 0 radical (unpaired) electrons. The van der Waals surface area contributed by atoms with Gasteiger partial charge in [0.05, 0.1) is 0 Å². The summed E-state index contributed by atoms with van der Waals surface area (Å²) in [6, 6.07) is 0. The molecule has 0 aliphatic carbocycles. The van der Waals surface area contributed by atoms with Crippen LogP contribution in [-0.2, 0) is 19.6 Å². The largest absolute Gasteiger partial charge is 0.265 e. The van der Waals surface area contributed by atoms with Crippen molar-refractivity contribution < 1.29 is 19.6 Å². The van der Waals surface area contributed by atoms with E-state index in [0.717, 1.165) is 19.3 Å². The van der Waals surface area contributed by atoms with Crippen molar-refractivity contribution in [1.29, 1.82) is 0 Å². The molecule has 0 spiro atoms. The van der Waals surface area contributed by atoms with Crippen LogP contribution in [0.1, 0.15) is 26.2 Å². The molecule has 0 aromatic rings. The minimum Gasteiger partial charge on any atom is -0.233 e. The summed E-state index contributed by atoms with van der Waals surface area (Å²) >= 11 is 0. The maximum absolute atomic E-state index is 4.90. The maximum atomic E-state index is 4.90. The van der Waals surface area contributed by atoms with Gasteiger partial charge in [-0.15, -0.1) is 0 Å². The van der Waals surface area contributed by atoms with Crippen LogP contribution in [0, 0.1) is 0 Å². The molecule has 2 aliphatic rings. The molecule has 2 heterocycles. The molecule has 0 N–H and O–H groups in total. The van der Waals surface area contributed by atoms with Gasteiger partial charge >= 0.3 is 0 Å². The minimum atomic E-state index is -0.450. The van der Waals surface area contributed by atoms with E-state index >= 15 is 0 Å². The van der Waals surface area contributed by atoms with Crippen molar-refractivity contribution in [1.82, 2.24) is 0 Å². The number of rotatable bonds is 4. The lowest BCUT2D eigenvalue weighted by molar-refractivity contribution is -0.438. The zero-order valence-electron chi connectivity index (χ0n) is 6.54. The summed E-state index contributed by atoms with van der Waals surface area (Å²) in [4.78, 5) is 19.2. The lowest BCUT2D eigenvalue weighted by Gasteiger charge is -2.26. The van der Waals surface area contributed by atoms with Crippen LogP contribution in [0.5, 0.6) is 0 Å². The van der Waals surface area contributed by atoms with Crippen LogP contribution in [0.2, 0.25) is 0 Å². The van der Waals surface area contributed by atoms with Crippen LogP contribution >= 0.6 is 0 Å². The Morgan fingerprint density at radius 1 is 1.45 bits per heavy atom. The fourth-order valence-corrected chi connectivity index (χ4v) is 1.16. The summed E-state index contributed by atoms with van der Waals surface area (Å²) < 4.78 is 0. The van der Waals surface area contributed by atoms with Crippen LogP contribution in [0.3, 0.4) is 0 Å². The van der Waals surface area contributed by atoms with Gasteiger partial charge in [-0.05, 0) is 6.42 Å². The van der Waals surface area contributed by atoms with E-state index in [2.05, 4.69) is 11.8 Å². The number of hydrogen-bond donors (Lipinski definition) is 0. The van der Waals surface area contributed by atoms with Crippen molar-refractivity contribution in [3.63, 3.8) is 0 Å². The average molecular weight is 160 g/mol. The fourth-order valence-electron chi connectivity index (χ4n) is 1.16. The lowest BCUT2D eigenvalue weighted by atomic mass is 10.0. The third kappa shape index (κ3) is 1.27. The summed E-state index contributed by atoms with van der Waals surface area (Å²) in [7, 11) is 0. The standard InChI is InChI=1S/C7H12O4/c1-2-3-4-7(10-11-7)6-5-8-9-6/h6H,2-5H2,1H3. The minimum absolute atomic E-state index is 0.00551. The molecule has 64 valence electrons. The average Bonchev–Trinajstić information content (AvgIpc) is 2.62. The van der Waals surface area contributed by atoms with Gasteiger partial charge in [0.1, 0.15) is 6.61 Å². The van der Waals surface area contributed by atoms with E-state index in [-0.39, 0.29) is 6.10 Å². The van der Waals surface area contributed by atoms with Gasteiger partial charge in [-0.25, -0.2) is 9.78 Å². The second-order valence-electron chi connectivity index (χ2n) is 2.95. The highest BCUT2D eigenvalue weighted by atomic mass is 17.4.